The molecular formula is C23H25N3O2S. The summed E-state index contributed by atoms with van der Waals surface area (Å²) in [4.78, 5) is 28.8. The second-order valence-electron chi connectivity index (χ2n) is 7.78. The Morgan fingerprint density at radius 1 is 1.24 bits per heavy atom. The monoisotopic (exact) mass is 407 g/mol. The number of amides is 2. The molecule has 0 spiro atoms. The highest BCUT2D eigenvalue weighted by molar-refractivity contribution is 7.09. The Morgan fingerprint density at radius 2 is 2.07 bits per heavy atom. The Labute approximate surface area is 174 Å². The third-order valence-corrected chi connectivity index (χ3v) is 6.43. The summed E-state index contributed by atoms with van der Waals surface area (Å²) in [5.41, 5.74) is 1.74. The molecule has 1 aliphatic rings. The summed E-state index contributed by atoms with van der Waals surface area (Å²) in [5.74, 6) is 0.0673. The van der Waals surface area contributed by atoms with Crippen LogP contribution in [0.1, 0.15) is 41.9 Å². The summed E-state index contributed by atoms with van der Waals surface area (Å²) in [6, 6.07) is 14.6. The number of aromatic nitrogens is 1. The van der Waals surface area contributed by atoms with E-state index in [1.54, 1.807) is 11.3 Å². The van der Waals surface area contributed by atoms with E-state index in [1.807, 2.05) is 24.4 Å². The second kappa shape index (κ2) is 8.33. The maximum atomic E-state index is 12.4. The number of hydrogen-bond donors (Lipinski definition) is 2. The summed E-state index contributed by atoms with van der Waals surface area (Å²) in [6.45, 7) is 2.40. The van der Waals surface area contributed by atoms with E-state index in [0.29, 0.717) is 25.8 Å². The van der Waals surface area contributed by atoms with Gasteiger partial charge in [-0.05, 0) is 42.5 Å². The minimum Gasteiger partial charge on any atom is -0.350 e. The van der Waals surface area contributed by atoms with Crippen molar-refractivity contribution in [3.63, 3.8) is 0 Å². The molecule has 4 rings (SSSR count). The highest BCUT2D eigenvalue weighted by atomic mass is 32.1. The third kappa shape index (κ3) is 4.65. The number of thiazole rings is 1. The number of nitrogens with one attached hydrogen (secondary N) is 2. The number of hydrogen-bond acceptors (Lipinski definition) is 4. The number of carbonyl (C=O) groups excluding carboxylic acids is 2. The first-order valence-corrected chi connectivity index (χ1v) is 10.9. The molecule has 1 unspecified atom stereocenters. The number of aryl methyl sites for hydroxylation is 1. The molecule has 5 nitrogen and oxygen atoms in total. The van der Waals surface area contributed by atoms with Gasteiger partial charge in [-0.25, -0.2) is 4.98 Å². The van der Waals surface area contributed by atoms with E-state index in [1.165, 1.54) is 16.3 Å². The Kier molecular flexibility index (Phi) is 5.62. The zero-order valence-corrected chi connectivity index (χ0v) is 17.3. The standard InChI is InChI=1S/C23H25N3O2S/c1-16-25-19(15-29-16)14-24-21(27)9-11-23(12-10-22(28)26-23)13-18-7-4-6-17-5-2-3-8-20(17)18/h2-8,15H,9-14H2,1H3,(H,24,27)(H,26,28). The Hall–Kier alpha value is -2.73. The average Bonchev–Trinajstić information content (AvgIpc) is 3.31. The number of nitrogens with zero attached hydrogens (tertiary/aromatic N) is 1. The van der Waals surface area contributed by atoms with Crippen LogP contribution < -0.4 is 10.6 Å². The highest BCUT2D eigenvalue weighted by Gasteiger charge is 2.38. The van der Waals surface area contributed by atoms with Gasteiger partial charge in [-0.3, -0.25) is 9.59 Å². The van der Waals surface area contributed by atoms with E-state index in [9.17, 15) is 9.59 Å². The second-order valence-corrected chi connectivity index (χ2v) is 8.84. The summed E-state index contributed by atoms with van der Waals surface area (Å²) in [6.07, 6.45) is 3.02. The van der Waals surface area contributed by atoms with Crippen molar-refractivity contribution < 1.29 is 9.59 Å². The first-order valence-electron chi connectivity index (χ1n) is 9.98. The molecule has 3 aromatic rings. The van der Waals surface area contributed by atoms with Crippen molar-refractivity contribution in [2.45, 2.75) is 51.1 Å². The van der Waals surface area contributed by atoms with E-state index in [4.69, 9.17) is 0 Å². The summed E-state index contributed by atoms with van der Waals surface area (Å²) in [5, 5.41) is 11.5. The number of fused-ring (bicyclic) bond motifs is 1. The van der Waals surface area contributed by atoms with Crippen LogP contribution in [-0.2, 0) is 22.6 Å². The van der Waals surface area contributed by atoms with E-state index >= 15 is 0 Å². The fraction of sp³-hybridized carbons (Fsp3) is 0.348. The molecule has 2 heterocycles. The molecule has 1 aromatic heterocycles. The Morgan fingerprint density at radius 3 is 2.83 bits per heavy atom. The lowest BCUT2D eigenvalue weighted by molar-refractivity contribution is -0.122. The van der Waals surface area contributed by atoms with Crippen LogP contribution in [0.25, 0.3) is 10.8 Å². The van der Waals surface area contributed by atoms with Crippen LogP contribution in [0, 0.1) is 6.92 Å². The normalized spacial score (nSPS) is 18.7. The van der Waals surface area contributed by atoms with Gasteiger partial charge in [0.1, 0.15) is 0 Å². The minimum absolute atomic E-state index is 0.00547. The van der Waals surface area contributed by atoms with Gasteiger partial charge >= 0.3 is 0 Å². The van der Waals surface area contributed by atoms with Gasteiger partial charge in [0.15, 0.2) is 0 Å². The van der Waals surface area contributed by atoms with Crippen molar-refractivity contribution in [2.24, 2.45) is 0 Å². The van der Waals surface area contributed by atoms with Crippen LogP contribution in [-0.4, -0.2) is 22.3 Å². The molecule has 150 valence electrons. The molecule has 1 fully saturated rings. The molecule has 0 bridgehead atoms. The van der Waals surface area contributed by atoms with Crippen LogP contribution >= 0.6 is 11.3 Å². The van der Waals surface area contributed by atoms with Crippen molar-refractivity contribution in [2.75, 3.05) is 0 Å². The van der Waals surface area contributed by atoms with Crippen molar-refractivity contribution >= 4 is 33.9 Å². The predicted molar refractivity (Wildman–Crippen MR) is 116 cm³/mol. The van der Waals surface area contributed by atoms with Gasteiger partial charge < -0.3 is 10.6 Å². The predicted octanol–water partition coefficient (Wildman–Crippen LogP) is 3.89. The fourth-order valence-electron chi connectivity index (χ4n) is 4.11. The van der Waals surface area contributed by atoms with Gasteiger partial charge in [-0.1, -0.05) is 42.5 Å². The molecular weight excluding hydrogens is 382 g/mol. The fourth-order valence-corrected chi connectivity index (χ4v) is 4.73. The first-order chi connectivity index (χ1) is 14.0. The SMILES string of the molecule is Cc1nc(CNC(=O)CCC2(Cc3cccc4ccccc34)CCC(=O)N2)cs1. The van der Waals surface area contributed by atoms with Crippen LogP contribution in [0.5, 0.6) is 0 Å². The molecule has 0 radical (unpaired) electrons. The Balaban J connectivity index is 1.44. The van der Waals surface area contributed by atoms with Crippen LogP contribution in [0.2, 0.25) is 0 Å². The van der Waals surface area contributed by atoms with Gasteiger partial charge in [-0.15, -0.1) is 11.3 Å². The van der Waals surface area contributed by atoms with E-state index in [0.717, 1.165) is 23.5 Å². The quantitative estimate of drug-likeness (QED) is 0.624. The Bertz CT molecular complexity index is 1040. The lowest BCUT2D eigenvalue weighted by Crippen LogP contribution is -2.44. The van der Waals surface area contributed by atoms with Crippen LogP contribution in [0.3, 0.4) is 0 Å². The third-order valence-electron chi connectivity index (χ3n) is 5.61. The molecule has 1 atom stereocenters. The molecule has 2 N–H and O–H groups in total. The summed E-state index contributed by atoms with van der Waals surface area (Å²) >= 11 is 1.58. The maximum absolute atomic E-state index is 12.4. The van der Waals surface area contributed by atoms with Crippen molar-refractivity contribution in [1.82, 2.24) is 15.6 Å². The topological polar surface area (TPSA) is 71.1 Å². The van der Waals surface area contributed by atoms with Gasteiger partial charge in [0.25, 0.3) is 0 Å². The average molecular weight is 408 g/mol. The molecule has 1 aliphatic heterocycles. The van der Waals surface area contributed by atoms with Crippen molar-refractivity contribution in [3.8, 4) is 0 Å². The van der Waals surface area contributed by atoms with Crippen LogP contribution in [0.15, 0.2) is 47.8 Å². The molecule has 6 heteroatoms. The molecule has 1 saturated heterocycles. The smallest absolute Gasteiger partial charge is 0.220 e. The number of benzene rings is 2. The molecule has 29 heavy (non-hydrogen) atoms. The van der Waals surface area contributed by atoms with Gasteiger partial charge in [0.2, 0.25) is 11.8 Å². The van der Waals surface area contributed by atoms with Crippen molar-refractivity contribution in [1.29, 1.82) is 0 Å². The lowest BCUT2D eigenvalue weighted by atomic mass is 9.83. The first kappa shape index (κ1) is 19.6. The van der Waals surface area contributed by atoms with E-state index in [-0.39, 0.29) is 17.4 Å². The van der Waals surface area contributed by atoms with Crippen molar-refractivity contribution in [3.05, 3.63) is 64.1 Å². The largest absolute Gasteiger partial charge is 0.350 e. The van der Waals surface area contributed by atoms with E-state index < -0.39 is 0 Å². The molecule has 2 aromatic carbocycles. The van der Waals surface area contributed by atoms with Gasteiger partial charge in [0, 0.05) is 23.8 Å². The van der Waals surface area contributed by atoms with Crippen LogP contribution in [0.4, 0.5) is 0 Å². The summed E-state index contributed by atoms with van der Waals surface area (Å²) in [7, 11) is 0. The van der Waals surface area contributed by atoms with E-state index in [2.05, 4.69) is 45.9 Å². The zero-order valence-electron chi connectivity index (χ0n) is 16.5. The lowest BCUT2D eigenvalue weighted by Gasteiger charge is -2.30. The molecule has 2 amide bonds. The number of rotatable bonds is 7. The zero-order chi connectivity index (χ0) is 20.3. The summed E-state index contributed by atoms with van der Waals surface area (Å²) < 4.78 is 0. The highest BCUT2D eigenvalue weighted by Crippen LogP contribution is 2.32. The van der Waals surface area contributed by atoms with Gasteiger partial charge in [-0.2, -0.15) is 0 Å². The number of carbonyl (C=O) groups is 2. The molecule has 0 saturated carbocycles. The maximum Gasteiger partial charge on any atom is 0.220 e. The minimum atomic E-state index is -0.365. The van der Waals surface area contributed by atoms with Gasteiger partial charge in [0.05, 0.1) is 17.2 Å². The molecule has 0 aliphatic carbocycles.